The van der Waals surface area contributed by atoms with Gasteiger partial charge in [-0.2, -0.15) is 0 Å². The first-order valence-corrected chi connectivity index (χ1v) is 4.99. The van der Waals surface area contributed by atoms with Crippen LogP contribution in [0, 0.1) is 0 Å². The lowest BCUT2D eigenvalue weighted by Crippen LogP contribution is -2.53. The highest BCUT2D eigenvalue weighted by Gasteiger charge is 2.32. The van der Waals surface area contributed by atoms with E-state index in [9.17, 15) is 9.59 Å². The maximum absolute atomic E-state index is 11.9. The molecule has 0 bridgehead atoms. The van der Waals surface area contributed by atoms with Crippen LogP contribution in [-0.2, 0) is 20.9 Å². The summed E-state index contributed by atoms with van der Waals surface area (Å²) in [7, 11) is 0. The van der Waals surface area contributed by atoms with Crippen molar-refractivity contribution in [3.8, 4) is 0 Å². The first kappa shape index (κ1) is 11.5. The minimum atomic E-state index is -1.07. The lowest BCUT2D eigenvalue weighted by atomic mass is 10.2. The molecule has 1 aromatic rings. The molecule has 9 heteroatoms. The fraction of sp³-hybridized carbons (Fsp3) is 0.625. The highest BCUT2D eigenvalue weighted by atomic mass is 16.5. The molecule has 0 aromatic carbocycles. The number of carboxylic acid groups (broad SMARTS) is 1. The molecule has 1 aromatic heterocycles. The van der Waals surface area contributed by atoms with E-state index in [0.29, 0.717) is 6.61 Å². The smallest absolute Gasteiger partial charge is 0.328 e. The molecule has 0 saturated carbocycles. The Bertz CT molecular complexity index is 406. The highest BCUT2D eigenvalue weighted by Crippen LogP contribution is 2.08. The van der Waals surface area contributed by atoms with Gasteiger partial charge in [-0.05, 0) is 10.4 Å². The third-order valence-electron chi connectivity index (χ3n) is 2.42. The third-order valence-corrected chi connectivity index (χ3v) is 2.42. The van der Waals surface area contributed by atoms with Crippen molar-refractivity contribution >= 4 is 11.9 Å². The van der Waals surface area contributed by atoms with E-state index in [1.807, 2.05) is 0 Å². The second-order valence-electron chi connectivity index (χ2n) is 3.52. The molecule has 0 aliphatic carbocycles. The lowest BCUT2D eigenvalue weighted by molar-refractivity contribution is -0.158. The van der Waals surface area contributed by atoms with Gasteiger partial charge in [0, 0.05) is 6.54 Å². The number of carbonyl (C=O) groups excluding carboxylic acids is 1. The zero-order valence-electron chi connectivity index (χ0n) is 8.89. The van der Waals surface area contributed by atoms with Crippen LogP contribution in [0.2, 0.25) is 0 Å². The number of hydrogen-bond acceptors (Lipinski definition) is 6. The maximum atomic E-state index is 11.9. The predicted octanol–water partition coefficient (Wildman–Crippen LogP) is -2.01. The number of nitrogens with zero attached hydrogens (tertiary/aromatic N) is 5. The van der Waals surface area contributed by atoms with Crippen molar-refractivity contribution in [2.75, 3.05) is 19.8 Å². The molecule has 1 unspecified atom stereocenters. The molecular formula is C8H11N5O4. The average molecular weight is 241 g/mol. The van der Waals surface area contributed by atoms with Gasteiger partial charge in [0.2, 0.25) is 5.91 Å². The molecule has 2 rings (SSSR count). The first-order chi connectivity index (χ1) is 8.18. The molecule has 1 saturated heterocycles. The third kappa shape index (κ3) is 2.56. The van der Waals surface area contributed by atoms with Crippen LogP contribution in [0.25, 0.3) is 0 Å². The van der Waals surface area contributed by atoms with Crippen molar-refractivity contribution in [3.63, 3.8) is 0 Å². The van der Waals surface area contributed by atoms with Crippen LogP contribution in [0.3, 0.4) is 0 Å². The minimum Gasteiger partial charge on any atom is -0.480 e. The molecule has 1 atom stereocenters. The molecule has 1 fully saturated rings. The Morgan fingerprint density at radius 1 is 1.53 bits per heavy atom. The Hall–Kier alpha value is -2.03. The van der Waals surface area contributed by atoms with Gasteiger partial charge in [-0.25, -0.2) is 9.48 Å². The summed E-state index contributed by atoms with van der Waals surface area (Å²) in [4.78, 5) is 24.1. The molecular weight excluding hydrogens is 230 g/mol. The minimum absolute atomic E-state index is 0.0106. The molecule has 92 valence electrons. The van der Waals surface area contributed by atoms with E-state index >= 15 is 0 Å². The van der Waals surface area contributed by atoms with Crippen LogP contribution in [0.15, 0.2) is 6.33 Å². The fourth-order valence-corrected chi connectivity index (χ4v) is 1.59. The van der Waals surface area contributed by atoms with Crippen molar-refractivity contribution in [3.05, 3.63) is 6.33 Å². The van der Waals surface area contributed by atoms with Gasteiger partial charge < -0.3 is 14.7 Å². The molecule has 17 heavy (non-hydrogen) atoms. The van der Waals surface area contributed by atoms with E-state index in [0.717, 1.165) is 0 Å². The molecule has 1 aliphatic rings. The van der Waals surface area contributed by atoms with Crippen LogP contribution >= 0.6 is 0 Å². The van der Waals surface area contributed by atoms with Crippen molar-refractivity contribution in [2.24, 2.45) is 0 Å². The van der Waals surface area contributed by atoms with E-state index in [1.54, 1.807) is 0 Å². The largest absolute Gasteiger partial charge is 0.480 e. The highest BCUT2D eigenvalue weighted by molar-refractivity contribution is 5.83. The van der Waals surface area contributed by atoms with Crippen molar-refractivity contribution in [1.29, 1.82) is 0 Å². The Kier molecular flexibility index (Phi) is 3.28. The summed E-state index contributed by atoms with van der Waals surface area (Å²) >= 11 is 0. The molecule has 1 amide bonds. The van der Waals surface area contributed by atoms with Crippen LogP contribution in [0.1, 0.15) is 0 Å². The number of hydrogen-bond donors (Lipinski definition) is 1. The number of carbonyl (C=O) groups is 2. The van der Waals surface area contributed by atoms with E-state index in [-0.39, 0.29) is 25.6 Å². The first-order valence-electron chi connectivity index (χ1n) is 4.99. The Labute approximate surface area is 96.0 Å². The lowest BCUT2D eigenvalue weighted by Gasteiger charge is -2.32. The molecule has 9 nitrogen and oxygen atoms in total. The monoisotopic (exact) mass is 241 g/mol. The summed E-state index contributed by atoms with van der Waals surface area (Å²) in [5.74, 6) is -1.41. The van der Waals surface area contributed by atoms with Gasteiger partial charge in [-0.3, -0.25) is 4.79 Å². The van der Waals surface area contributed by atoms with Gasteiger partial charge in [-0.1, -0.05) is 0 Å². The van der Waals surface area contributed by atoms with Crippen molar-refractivity contribution in [1.82, 2.24) is 25.1 Å². The van der Waals surface area contributed by atoms with Gasteiger partial charge in [0.1, 0.15) is 12.9 Å². The number of ether oxygens (including phenoxy) is 1. The molecule has 1 aliphatic heterocycles. The predicted molar refractivity (Wildman–Crippen MR) is 51.8 cm³/mol. The van der Waals surface area contributed by atoms with E-state index in [1.165, 1.54) is 15.9 Å². The number of morpholine rings is 1. The number of tetrazole rings is 1. The average Bonchev–Trinajstić information content (AvgIpc) is 2.81. The van der Waals surface area contributed by atoms with E-state index in [2.05, 4.69) is 15.5 Å². The number of rotatable bonds is 3. The SMILES string of the molecule is O=C(O)C1COCCN1C(=O)Cn1cnnn1. The van der Waals surface area contributed by atoms with Gasteiger partial charge in [-0.15, -0.1) is 5.10 Å². The summed E-state index contributed by atoms with van der Waals surface area (Å²) in [6.45, 7) is 0.538. The van der Waals surface area contributed by atoms with Gasteiger partial charge >= 0.3 is 5.97 Å². The van der Waals surface area contributed by atoms with Crippen LogP contribution in [-0.4, -0.2) is 67.9 Å². The van der Waals surface area contributed by atoms with Crippen LogP contribution < -0.4 is 0 Å². The second kappa shape index (κ2) is 4.87. The maximum Gasteiger partial charge on any atom is 0.328 e. The Morgan fingerprint density at radius 3 is 3.00 bits per heavy atom. The number of amides is 1. The Morgan fingerprint density at radius 2 is 2.35 bits per heavy atom. The van der Waals surface area contributed by atoms with Crippen LogP contribution in [0.5, 0.6) is 0 Å². The summed E-state index contributed by atoms with van der Waals surface area (Å²) in [6.07, 6.45) is 1.30. The fourth-order valence-electron chi connectivity index (χ4n) is 1.59. The van der Waals surface area contributed by atoms with Crippen LogP contribution in [0.4, 0.5) is 0 Å². The zero-order chi connectivity index (χ0) is 12.3. The van der Waals surface area contributed by atoms with Gasteiger partial charge in [0.05, 0.1) is 13.2 Å². The number of carboxylic acids is 1. The quantitative estimate of drug-likeness (QED) is 0.650. The molecule has 2 heterocycles. The molecule has 1 N–H and O–H groups in total. The van der Waals surface area contributed by atoms with E-state index in [4.69, 9.17) is 9.84 Å². The Balaban J connectivity index is 2.03. The van der Waals surface area contributed by atoms with E-state index < -0.39 is 12.0 Å². The van der Waals surface area contributed by atoms with Gasteiger partial charge in [0.25, 0.3) is 0 Å². The number of aliphatic carboxylic acids is 1. The molecule has 0 spiro atoms. The second-order valence-corrected chi connectivity index (χ2v) is 3.52. The molecule has 0 radical (unpaired) electrons. The summed E-state index contributed by atoms with van der Waals surface area (Å²) in [6, 6.07) is -0.937. The normalized spacial score (nSPS) is 20.2. The van der Waals surface area contributed by atoms with Gasteiger partial charge in [0.15, 0.2) is 6.04 Å². The van der Waals surface area contributed by atoms with Crippen molar-refractivity contribution in [2.45, 2.75) is 12.6 Å². The summed E-state index contributed by atoms with van der Waals surface area (Å²) in [5, 5.41) is 19.3. The number of aromatic nitrogens is 4. The summed E-state index contributed by atoms with van der Waals surface area (Å²) < 4.78 is 6.28. The summed E-state index contributed by atoms with van der Waals surface area (Å²) in [5.41, 5.74) is 0. The standard InChI is InChI=1S/C8H11N5O4/c14-7(3-12-5-9-10-11-12)13-1-2-17-4-6(13)8(15)16/h5-6H,1-4H2,(H,15,16). The zero-order valence-corrected chi connectivity index (χ0v) is 8.89. The van der Waals surface area contributed by atoms with Crippen molar-refractivity contribution < 1.29 is 19.4 Å². The topological polar surface area (TPSA) is 110 Å².